The summed E-state index contributed by atoms with van der Waals surface area (Å²) in [6.45, 7) is 8.37. The van der Waals surface area contributed by atoms with E-state index in [1.54, 1.807) is 6.92 Å². The Morgan fingerprint density at radius 3 is 2.55 bits per heavy atom. The monoisotopic (exact) mass is 399 g/mol. The number of hydrogen-bond acceptors (Lipinski definition) is 4. The quantitative estimate of drug-likeness (QED) is 0.848. The van der Waals surface area contributed by atoms with Crippen LogP contribution in [0.2, 0.25) is 0 Å². The number of carbonyl (C=O) groups excluding carboxylic acids is 1. The standard InChI is InChI=1S/C24H37N3O2/c1-19-7-5-8-21(17-19)25-15-11-24(29,12-16-25)18-26-13-6-10-23-22(26)9-3-4-14-27(23)20(2)28/h5,7-8,17,22-23,29H,3-4,6,9-16,18H2,1-2H3/t22-,23-/m1/s1. The molecular weight excluding hydrogens is 362 g/mol. The molecule has 1 amide bonds. The number of aliphatic hydroxyl groups is 1. The summed E-state index contributed by atoms with van der Waals surface area (Å²) in [7, 11) is 0. The Balaban J connectivity index is 1.41. The first kappa shape index (κ1) is 20.7. The maximum atomic E-state index is 12.2. The fourth-order valence-corrected chi connectivity index (χ4v) is 5.77. The van der Waals surface area contributed by atoms with Crippen LogP contribution in [0.3, 0.4) is 0 Å². The average molecular weight is 400 g/mol. The van der Waals surface area contributed by atoms with E-state index >= 15 is 0 Å². The van der Waals surface area contributed by atoms with Gasteiger partial charge in [0, 0.05) is 50.9 Å². The van der Waals surface area contributed by atoms with Gasteiger partial charge in [-0.1, -0.05) is 18.6 Å². The van der Waals surface area contributed by atoms with E-state index in [0.717, 1.165) is 71.2 Å². The van der Waals surface area contributed by atoms with E-state index in [-0.39, 0.29) is 5.91 Å². The molecule has 5 heteroatoms. The van der Waals surface area contributed by atoms with Gasteiger partial charge in [-0.15, -0.1) is 0 Å². The summed E-state index contributed by atoms with van der Waals surface area (Å²) in [5.74, 6) is 0.217. The lowest BCUT2D eigenvalue weighted by Gasteiger charge is -2.48. The molecule has 4 rings (SSSR count). The van der Waals surface area contributed by atoms with E-state index < -0.39 is 5.60 Å². The molecule has 2 atom stereocenters. The van der Waals surface area contributed by atoms with Gasteiger partial charge in [0.1, 0.15) is 0 Å². The summed E-state index contributed by atoms with van der Waals surface area (Å²) in [5.41, 5.74) is 1.94. The molecule has 160 valence electrons. The van der Waals surface area contributed by atoms with Crippen molar-refractivity contribution in [1.82, 2.24) is 9.80 Å². The molecule has 3 aliphatic heterocycles. The van der Waals surface area contributed by atoms with Crippen LogP contribution in [0.25, 0.3) is 0 Å². The van der Waals surface area contributed by atoms with E-state index in [0.29, 0.717) is 12.1 Å². The summed E-state index contributed by atoms with van der Waals surface area (Å²) < 4.78 is 0. The van der Waals surface area contributed by atoms with E-state index in [1.807, 2.05) is 0 Å². The Morgan fingerprint density at radius 1 is 1.07 bits per heavy atom. The fraction of sp³-hybridized carbons (Fsp3) is 0.708. The largest absolute Gasteiger partial charge is 0.388 e. The number of benzene rings is 1. The minimum atomic E-state index is -0.616. The van der Waals surface area contributed by atoms with Crippen LogP contribution >= 0.6 is 0 Å². The van der Waals surface area contributed by atoms with Crippen molar-refractivity contribution < 1.29 is 9.90 Å². The van der Waals surface area contributed by atoms with Crippen LogP contribution in [0, 0.1) is 6.92 Å². The predicted molar refractivity (Wildman–Crippen MR) is 117 cm³/mol. The molecule has 5 nitrogen and oxygen atoms in total. The van der Waals surface area contributed by atoms with Gasteiger partial charge in [0.2, 0.25) is 5.91 Å². The summed E-state index contributed by atoms with van der Waals surface area (Å²) >= 11 is 0. The summed E-state index contributed by atoms with van der Waals surface area (Å²) in [5, 5.41) is 11.4. The van der Waals surface area contributed by atoms with E-state index in [4.69, 9.17) is 0 Å². The zero-order valence-electron chi connectivity index (χ0n) is 18.1. The number of fused-ring (bicyclic) bond motifs is 1. The van der Waals surface area contributed by atoms with Crippen LogP contribution in [0.15, 0.2) is 24.3 Å². The molecule has 0 unspecified atom stereocenters. The number of piperidine rings is 2. The minimum Gasteiger partial charge on any atom is -0.388 e. The number of carbonyl (C=O) groups is 1. The summed E-state index contributed by atoms with van der Waals surface area (Å²) in [6.07, 6.45) is 7.30. The normalized spacial score (nSPS) is 28.0. The van der Waals surface area contributed by atoms with Crippen LogP contribution < -0.4 is 4.90 Å². The zero-order valence-corrected chi connectivity index (χ0v) is 18.1. The van der Waals surface area contributed by atoms with Gasteiger partial charge in [-0.2, -0.15) is 0 Å². The Bertz CT molecular complexity index is 714. The lowest BCUT2D eigenvalue weighted by molar-refractivity contribution is -0.134. The highest BCUT2D eigenvalue weighted by atomic mass is 16.3. The SMILES string of the molecule is CC(=O)N1CCCC[C@@H]2[C@H]1CCCN2CC1(O)CCN(c2cccc(C)c2)CC1. The topological polar surface area (TPSA) is 47.0 Å². The third-order valence-electron chi connectivity index (χ3n) is 7.37. The highest BCUT2D eigenvalue weighted by Gasteiger charge is 2.41. The number of likely N-dealkylation sites (tertiary alicyclic amines) is 2. The average Bonchev–Trinajstić information content (AvgIpc) is 2.92. The zero-order chi connectivity index (χ0) is 20.4. The molecule has 0 bridgehead atoms. The summed E-state index contributed by atoms with van der Waals surface area (Å²) in [6, 6.07) is 9.41. The third kappa shape index (κ3) is 4.61. The molecule has 0 aromatic heterocycles. The molecule has 3 fully saturated rings. The van der Waals surface area contributed by atoms with Gasteiger partial charge in [0.25, 0.3) is 0 Å². The molecule has 0 spiro atoms. The van der Waals surface area contributed by atoms with Crippen molar-refractivity contribution in [3.8, 4) is 0 Å². The molecule has 0 radical (unpaired) electrons. The molecule has 3 aliphatic rings. The Hall–Kier alpha value is -1.59. The number of anilines is 1. The lowest BCUT2D eigenvalue weighted by atomic mass is 9.86. The van der Waals surface area contributed by atoms with Gasteiger partial charge in [-0.05, 0) is 69.7 Å². The van der Waals surface area contributed by atoms with Crippen molar-refractivity contribution >= 4 is 11.6 Å². The Kier molecular flexibility index (Phi) is 6.16. The Labute approximate surface area is 175 Å². The second-order valence-electron chi connectivity index (χ2n) is 9.51. The Morgan fingerprint density at radius 2 is 1.83 bits per heavy atom. The van der Waals surface area contributed by atoms with E-state index in [2.05, 4.69) is 45.9 Å². The molecular formula is C24H37N3O2. The first-order valence-electron chi connectivity index (χ1n) is 11.5. The predicted octanol–water partition coefficient (Wildman–Crippen LogP) is 3.19. The molecule has 1 aromatic carbocycles. The second-order valence-corrected chi connectivity index (χ2v) is 9.51. The highest BCUT2D eigenvalue weighted by Crippen LogP contribution is 2.33. The molecule has 29 heavy (non-hydrogen) atoms. The van der Waals surface area contributed by atoms with Gasteiger partial charge < -0.3 is 14.9 Å². The lowest BCUT2D eigenvalue weighted by Crippen LogP contribution is -2.60. The number of amides is 1. The van der Waals surface area contributed by atoms with Crippen molar-refractivity contribution in [2.45, 2.75) is 76.5 Å². The van der Waals surface area contributed by atoms with Crippen LogP contribution in [0.1, 0.15) is 57.4 Å². The number of β-amino-alcohol motifs (C(OH)–C–C–N with tert-alkyl or cyclic N) is 1. The van der Waals surface area contributed by atoms with Crippen molar-refractivity contribution in [2.75, 3.05) is 37.6 Å². The van der Waals surface area contributed by atoms with Gasteiger partial charge >= 0.3 is 0 Å². The van der Waals surface area contributed by atoms with E-state index in [9.17, 15) is 9.90 Å². The number of nitrogens with zero attached hydrogens (tertiary/aromatic N) is 3. The van der Waals surface area contributed by atoms with Crippen molar-refractivity contribution in [2.24, 2.45) is 0 Å². The third-order valence-corrected chi connectivity index (χ3v) is 7.37. The van der Waals surface area contributed by atoms with Gasteiger partial charge in [-0.25, -0.2) is 0 Å². The molecule has 1 aromatic rings. The number of aryl methyl sites for hydroxylation is 1. The van der Waals surface area contributed by atoms with Crippen molar-refractivity contribution in [3.63, 3.8) is 0 Å². The molecule has 3 heterocycles. The van der Waals surface area contributed by atoms with Gasteiger partial charge in [-0.3, -0.25) is 9.69 Å². The minimum absolute atomic E-state index is 0.217. The first-order chi connectivity index (χ1) is 14.0. The maximum absolute atomic E-state index is 12.2. The van der Waals surface area contributed by atoms with E-state index in [1.165, 1.54) is 17.7 Å². The van der Waals surface area contributed by atoms with Gasteiger partial charge in [0.15, 0.2) is 0 Å². The van der Waals surface area contributed by atoms with Crippen molar-refractivity contribution in [3.05, 3.63) is 29.8 Å². The second kappa shape index (κ2) is 8.65. The highest BCUT2D eigenvalue weighted by molar-refractivity contribution is 5.73. The molecule has 1 N–H and O–H groups in total. The van der Waals surface area contributed by atoms with Crippen LogP contribution in [-0.4, -0.2) is 71.2 Å². The number of rotatable bonds is 3. The maximum Gasteiger partial charge on any atom is 0.219 e. The molecule has 0 aliphatic carbocycles. The summed E-state index contributed by atoms with van der Waals surface area (Å²) in [4.78, 5) is 19.3. The first-order valence-corrected chi connectivity index (χ1v) is 11.5. The molecule has 3 saturated heterocycles. The smallest absolute Gasteiger partial charge is 0.219 e. The van der Waals surface area contributed by atoms with Crippen LogP contribution in [-0.2, 0) is 4.79 Å². The van der Waals surface area contributed by atoms with Gasteiger partial charge in [0.05, 0.1) is 5.60 Å². The van der Waals surface area contributed by atoms with Crippen LogP contribution in [0.5, 0.6) is 0 Å². The fourth-order valence-electron chi connectivity index (χ4n) is 5.77. The van der Waals surface area contributed by atoms with Crippen LogP contribution in [0.4, 0.5) is 5.69 Å². The molecule has 0 saturated carbocycles. The number of hydrogen-bond donors (Lipinski definition) is 1. The van der Waals surface area contributed by atoms with Crippen molar-refractivity contribution in [1.29, 1.82) is 0 Å².